The summed E-state index contributed by atoms with van der Waals surface area (Å²) >= 11 is 0. The van der Waals surface area contributed by atoms with E-state index in [1.807, 2.05) is 6.07 Å². The molecule has 2 atom stereocenters. The number of alkyl halides is 2. The molecule has 1 amide bonds. The number of hydrogen-bond donors (Lipinski definition) is 2. The van der Waals surface area contributed by atoms with Crippen molar-refractivity contribution in [3.05, 3.63) is 35.9 Å². The lowest BCUT2D eigenvalue weighted by molar-refractivity contribution is 0.0988. The summed E-state index contributed by atoms with van der Waals surface area (Å²) in [6, 6.07) is 2.08. The molecule has 0 aromatic carbocycles. The standard InChI is InChI=1S/C23H27F2N7O3/c24-21(25)20-18(10-32(29-20)14-3-1-13(11-33)2-4-14)27-23(34)17-8-26-31-6-5-19(28-22(17)31)30-9-16-7-15(30)12-35-16/h5-6,8,10,13-16,21,33H,1-4,7,9,11-12H2,(H,27,34)/t13?,14?,15-,16-/m0/s1. The number of halogens is 2. The van der Waals surface area contributed by atoms with E-state index in [0.717, 1.165) is 44.5 Å². The zero-order chi connectivity index (χ0) is 24.1. The Hall–Kier alpha value is -3.12. The second kappa shape index (κ2) is 8.83. The van der Waals surface area contributed by atoms with Crippen molar-refractivity contribution >= 4 is 23.1 Å². The van der Waals surface area contributed by atoms with Crippen molar-refractivity contribution in [1.29, 1.82) is 0 Å². The fourth-order valence-electron chi connectivity index (χ4n) is 5.49. The lowest BCUT2D eigenvalue weighted by Gasteiger charge is -2.27. The quantitative estimate of drug-likeness (QED) is 0.550. The second-order valence-corrected chi connectivity index (χ2v) is 9.63. The normalized spacial score (nSPS) is 26.2. The maximum Gasteiger partial charge on any atom is 0.284 e. The van der Waals surface area contributed by atoms with Gasteiger partial charge in [0.1, 0.15) is 11.4 Å². The van der Waals surface area contributed by atoms with Gasteiger partial charge in [-0.25, -0.2) is 18.3 Å². The van der Waals surface area contributed by atoms with Gasteiger partial charge in [-0.15, -0.1) is 0 Å². The predicted octanol–water partition coefficient (Wildman–Crippen LogP) is 2.82. The number of amides is 1. The number of hydrogen-bond acceptors (Lipinski definition) is 7. The van der Waals surface area contributed by atoms with Crippen LogP contribution < -0.4 is 10.2 Å². The molecule has 3 aromatic heterocycles. The number of nitrogens with zero attached hydrogens (tertiary/aromatic N) is 6. The maximum atomic E-state index is 13.8. The smallest absolute Gasteiger partial charge is 0.284 e. The Balaban J connectivity index is 1.24. The van der Waals surface area contributed by atoms with Gasteiger partial charge in [0.05, 0.1) is 36.7 Å². The molecule has 0 spiro atoms. The molecule has 6 rings (SSSR count). The van der Waals surface area contributed by atoms with Crippen LogP contribution in [0, 0.1) is 5.92 Å². The number of aromatic nitrogens is 5. The third-order valence-electron chi connectivity index (χ3n) is 7.46. The highest BCUT2D eigenvalue weighted by molar-refractivity contribution is 6.08. The van der Waals surface area contributed by atoms with Crippen LogP contribution >= 0.6 is 0 Å². The number of carbonyl (C=O) groups is 1. The van der Waals surface area contributed by atoms with Crippen molar-refractivity contribution in [3.8, 4) is 0 Å². The van der Waals surface area contributed by atoms with Crippen molar-refractivity contribution < 1.29 is 23.4 Å². The Morgan fingerprint density at radius 2 is 2.09 bits per heavy atom. The molecule has 5 heterocycles. The van der Waals surface area contributed by atoms with Crippen LogP contribution in [0.3, 0.4) is 0 Å². The van der Waals surface area contributed by atoms with Crippen LogP contribution in [0.4, 0.5) is 20.3 Å². The van der Waals surface area contributed by atoms with Gasteiger partial charge in [0.2, 0.25) is 0 Å². The van der Waals surface area contributed by atoms with Crippen molar-refractivity contribution in [3.63, 3.8) is 0 Å². The van der Waals surface area contributed by atoms with E-state index in [9.17, 15) is 18.7 Å². The van der Waals surface area contributed by atoms with Gasteiger partial charge in [-0.1, -0.05) is 0 Å². The van der Waals surface area contributed by atoms with Gasteiger partial charge in [0, 0.05) is 25.5 Å². The van der Waals surface area contributed by atoms with Crippen molar-refractivity contribution in [2.75, 3.05) is 30.0 Å². The molecule has 3 fully saturated rings. The highest BCUT2D eigenvalue weighted by atomic mass is 19.3. The van der Waals surface area contributed by atoms with Crippen LogP contribution in [0.15, 0.2) is 24.7 Å². The van der Waals surface area contributed by atoms with Gasteiger partial charge in [-0.2, -0.15) is 10.2 Å². The summed E-state index contributed by atoms with van der Waals surface area (Å²) in [7, 11) is 0. The van der Waals surface area contributed by atoms with E-state index < -0.39 is 18.0 Å². The van der Waals surface area contributed by atoms with Crippen LogP contribution in [0.2, 0.25) is 0 Å². The van der Waals surface area contributed by atoms with E-state index in [0.29, 0.717) is 12.3 Å². The Morgan fingerprint density at radius 3 is 2.77 bits per heavy atom. The molecule has 10 nitrogen and oxygen atoms in total. The Bertz CT molecular complexity index is 1240. The lowest BCUT2D eigenvalue weighted by atomic mass is 9.87. The highest BCUT2D eigenvalue weighted by Gasteiger charge is 2.39. The number of carbonyl (C=O) groups excluding carboxylic acids is 1. The van der Waals surface area contributed by atoms with E-state index in [2.05, 4.69) is 25.4 Å². The Labute approximate surface area is 199 Å². The summed E-state index contributed by atoms with van der Waals surface area (Å²) in [5.74, 6) is 0.413. The molecule has 1 aliphatic carbocycles. The number of ether oxygens (including phenoxy) is 1. The Kier molecular flexibility index (Phi) is 5.64. The summed E-state index contributed by atoms with van der Waals surface area (Å²) in [5.41, 5.74) is 0.0838. The minimum absolute atomic E-state index is 0.0150. The van der Waals surface area contributed by atoms with Crippen molar-refractivity contribution in [2.24, 2.45) is 5.92 Å². The monoisotopic (exact) mass is 487 g/mol. The van der Waals surface area contributed by atoms with Crippen LogP contribution in [-0.2, 0) is 4.74 Å². The molecule has 3 aromatic rings. The van der Waals surface area contributed by atoms with E-state index in [1.165, 1.54) is 21.6 Å². The summed E-state index contributed by atoms with van der Waals surface area (Å²) in [5, 5.41) is 20.3. The average Bonchev–Trinajstić information content (AvgIpc) is 3.66. The molecule has 186 valence electrons. The number of morpholine rings is 1. The first-order chi connectivity index (χ1) is 17.0. The molecular weight excluding hydrogens is 460 g/mol. The number of aliphatic hydroxyl groups is 1. The zero-order valence-corrected chi connectivity index (χ0v) is 19.1. The highest BCUT2D eigenvalue weighted by Crippen LogP contribution is 2.35. The summed E-state index contributed by atoms with van der Waals surface area (Å²) < 4.78 is 36.2. The third-order valence-corrected chi connectivity index (χ3v) is 7.46. The first kappa shape index (κ1) is 22.4. The second-order valence-electron chi connectivity index (χ2n) is 9.63. The van der Waals surface area contributed by atoms with E-state index in [1.54, 1.807) is 6.20 Å². The summed E-state index contributed by atoms with van der Waals surface area (Å²) in [6.07, 6.45) is 6.06. The molecule has 2 saturated heterocycles. The van der Waals surface area contributed by atoms with Crippen LogP contribution in [0.25, 0.3) is 5.65 Å². The molecule has 12 heteroatoms. The Morgan fingerprint density at radius 1 is 1.26 bits per heavy atom. The van der Waals surface area contributed by atoms with E-state index >= 15 is 0 Å². The summed E-state index contributed by atoms with van der Waals surface area (Å²) in [6.45, 7) is 1.55. The number of anilines is 2. The minimum Gasteiger partial charge on any atom is -0.396 e. The third kappa shape index (κ3) is 4.04. The van der Waals surface area contributed by atoms with Gasteiger partial charge in [-0.05, 0) is 44.1 Å². The lowest BCUT2D eigenvalue weighted by Crippen LogP contribution is -2.37. The molecule has 2 N–H and O–H groups in total. The predicted molar refractivity (Wildman–Crippen MR) is 122 cm³/mol. The first-order valence-corrected chi connectivity index (χ1v) is 12.0. The molecule has 1 saturated carbocycles. The molecule has 3 aliphatic rings. The molecule has 2 bridgehead atoms. The van der Waals surface area contributed by atoms with Gasteiger partial charge >= 0.3 is 0 Å². The van der Waals surface area contributed by atoms with Gasteiger partial charge in [0.25, 0.3) is 12.3 Å². The number of fused-ring (bicyclic) bond motifs is 3. The van der Waals surface area contributed by atoms with Crippen molar-refractivity contribution in [2.45, 2.75) is 56.7 Å². The first-order valence-electron chi connectivity index (χ1n) is 12.0. The average molecular weight is 488 g/mol. The number of nitrogens with one attached hydrogen (secondary N) is 1. The van der Waals surface area contributed by atoms with Gasteiger partial charge in [-0.3, -0.25) is 9.48 Å². The topological polar surface area (TPSA) is 110 Å². The molecule has 35 heavy (non-hydrogen) atoms. The fraction of sp³-hybridized carbons (Fsp3) is 0.565. The summed E-state index contributed by atoms with van der Waals surface area (Å²) in [4.78, 5) is 20.0. The number of rotatable bonds is 6. The zero-order valence-electron chi connectivity index (χ0n) is 19.1. The molecular formula is C23H27F2N7O3. The van der Waals surface area contributed by atoms with E-state index in [4.69, 9.17) is 4.74 Å². The molecule has 0 radical (unpaired) electrons. The fourth-order valence-corrected chi connectivity index (χ4v) is 5.49. The minimum atomic E-state index is -2.83. The van der Waals surface area contributed by atoms with Gasteiger partial charge < -0.3 is 20.1 Å². The van der Waals surface area contributed by atoms with Crippen LogP contribution in [-0.4, -0.2) is 67.3 Å². The van der Waals surface area contributed by atoms with E-state index in [-0.39, 0.29) is 42.0 Å². The van der Waals surface area contributed by atoms with Crippen LogP contribution in [0.1, 0.15) is 60.6 Å². The van der Waals surface area contributed by atoms with Crippen LogP contribution in [0.5, 0.6) is 0 Å². The molecule has 2 aliphatic heterocycles. The largest absolute Gasteiger partial charge is 0.396 e. The molecule has 0 unspecified atom stereocenters. The maximum absolute atomic E-state index is 13.8. The number of aliphatic hydroxyl groups excluding tert-OH is 1. The SMILES string of the molecule is O=C(Nc1cn(C2CCC(CO)CC2)nc1C(F)F)c1cnn2ccc(N3C[C@@H]4C[C@H]3CO4)nc12. The van der Waals surface area contributed by atoms with Gasteiger partial charge in [0.15, 0.2) is 11.3 Å². The van der Waals surface area contributed by atoms with Crippen molar-refractivity contribution in [1.82, 2.24) is 24.4 Å².